The smallest absolute Gasteiger partial charge is 0.242 e. The van der Waals surface area contributed by atoms with Gasteiger partial charge in [-0.3, -0.25) is 5.01 Å². The molecule has 0 spiro atoms. The van der Waals surface area contributed by atoms with Gasteiger partial charge in [0.2, 0.25) is 5.95 Å². The molecule has 0 fully saturated rings. The number of hydrazine groups is 1. The summed E-state index contributed by atoms with van der Waals surface area (Å²) in [5.41, 5.74) is 6.07. The summed E-state index contributed by atoms with van der Waals surface area (Å²) in [6.45, 7) is 5.63. The Kier molecular flexibility index (Phi) is 5.57. The number of nitrogens with zero attached hydrogens (tertiary/aromatic N) is 5. The quantitative estimate of drug-likeness (QED) is 0.484. The first-order valence-electron chi connectivity index (χ1n) is 8.54. The van der Waals surface area contributed by atoms with Gasteiger partial charge < -0.3 is 9.67 Å². The normalized spacial score (nSPS) is 11.4. The Hall–Kier alpha value is -2.51. The highest BCUT2D eigenvalue weighted by molar-refractivity contribution is 5.71. The number of rotatable bonds is 8. The SMILES string of the molecule is CC(C)n1cnc2cnc(N(Cc3ccccc3)NCCCO)nc21. The second-order valence-corrected chi connectivity index (χ2v) is 6.18. The van der Waals surface area contributed by atoms with Crippen molar-refractivity contribution < 1.29 is 5.11 Å². The second kappa shape index (κ2) is 8.04. The van der Waals surface area contributed by atoms with Gasteiger partial charge in [0.1, 0.15) is 5.52 Å². The first kappa shape index (κ1) is 17.3. The molecule has 0 bridgehead atoms. The molecule has 132 valence electrons. The van der Waals surface area contributed by atoms with Gasteiger partial charge in [0.15, 0.2) is 5.65 Å². The molecule has 3 aromatic rings. The Morgan fingerprint density at radius 1 is 1.20 bits per heavy atom. The lowest BCUT2D eigenvalue weighted by molar-refractivity contribution is 0.285. The lowest BCUT2D eigenvalue weighted by Gasteiger charge is -2.23. The Morgan fingerprint density at radius 2 is 2.00 bits per heavy atom. The molecule has 0 aliphatic heterocycles. The van der Waals surface area contributed by atoms with E-state index in [2.05, 4.69) is 41.4 Å². The van der Waals surface area contributed by atoms with E-state index in [1.165, 1.54) is 0 Å². The van der Waals surface area contributed by atoms with Gasteiger partial charge in [-0.25, -0.2) is 15.4 Å². The lowest BCUT2D eigenvalue weighted by atomic mass is 10.2. The van der Waals surface area contributed by atoms with Gasteiger partial charge in [-0.1, -0.05) is 30.3 Å². The number of fused-ring (bicyclic) bond motifs is 1. The number of aliphatic hydroxyl groups excluding tert-OH is 1. The summed E-state index contributed by atoms with van der Waals surface area (Å²) >= 11 is 0. The average Bonchev–Trinajstić information content (AvgIpc) is 3.05. The van der Waals surface area contributed by atoms with E-state index in [4.69, 9.17) is 10.1 Å². The number of imidazole rings is 1. The number of aromatic nitrogens is 4. The van der Waals surface area contributed by atoms with E-state index >= 15 is 0 Å². The largest absolute Gasteiger partial charge is 0.396 e. The van der Waals surface area contributed by atoms with Crippen LogP contribution in [0.4, 0.5) is 5.95 Å². The van der Waals surface area contributed by atoms with Crippen molar-refractivity contribution in [1.29, 1.82) is 0 Å². The Morgan fingerprint density at radius 3 is 2.72 bits per heavy atom. The highest BCUT2D eigenvalue weighted by Crippen LogP contribution is 2.18. The van der Waals surface area contributed by atoms with Crippen molar-refractivity contribution in [2.45, 2.75) is 32.9 Å². The summed E-state index contributed by atoms with van der Waals surface area (Å²) in [4.78, 5) is 13.6. The van der Waals surface area contributed by atoms with Crippen LogP contribution in [0.15, 0.2) is 42.9 Å². The van der Waals surface area contributed by atoms with E-state index in [1.807, 2.05) is 27.8 Å². The summed E-state index contributed by atoms with van der Waals surface area (Å²) in [5, 5.41) is 11.0. The predicted octanol–water partition coefficient (Wildman–Crippen LogP) is 2.30. The Bertz CT molecular complexity index is 802. The van der Waals surface area contributed by atoms with Crippen LogP contribution in [0.3, 0.4) is 0 Å². The van der Waals surface area contributed by atoms with Crippen LogP contribution in [0, 0.1) is 0 Å². The number of nitrogens with one attached hydrogen (secondary N) is 1. The fourth-order valence-electron chi connectivity index (χ4n) is 2.58. The zero-order valence-corrected chi connectivity index (χ0v) is 14.6. The zero-order valence-electron chi connectivity index (χ0n) is 14.6. The molecule has 0 aliphatic rings. The molecule has 0 saturated heterocycles. The van der Waals surface area contributed by atoms with Gasteiger partial charge in [0.05, 0.1) is 19.1 Å². The van der Waals surface area contributed by atoms with Crippen LogP contribution >= 0.6 is 0 Å². The van der Waals surface area contributed by atoms with Crippen LogP contribution in [0.5, 0.6) is 0 Å². The minimum absolute atomic E-state index is 0.145. The molecule has 3 rings (SSSR count). The van der Waals surface area contributed by atoms with Gasteiger partial charge >= 0.3 is 0 Å². The minimum atomic E-state index is 0.145. The number of hydrogen-bond donors (Lipinski definition) is 2. The van der Waals surface area contributed by atoms with Gasteiger partial charge in [0.25, 0.3) is 0 Å². The second-order valence-electron chi connectivity index (χ2n) is 6.18. The van der Waals surface area contributed by atoms with E-state index in [1.54, 1.807) is 12.5 Å². The number of benzene rings is 1. The molecule has 2 N–H and O–H groups in total. The number of hydrogen-bond acceptors (Lipinski definition) is 6. The predicted molar refractivity (Wildman–Crippen MR) is 98.0 cm³/mol. The third-order valence-corrected chi connectivity index (χ3v) is 3.92. The van der Waals surface area contributed by atoms with Crippen molar-refractivity contribution in [2.24, 2.45) is 0 Å². The molecular formula is C18H24N6O. The Balaban J connectivity index is 1.90. The van der Waals surface area contributed by atoms with Crippen LogP contribution in [-0.4, -0.2) is 37.8 Å². The van der Waals surface area contributed by atoms with Gasteiger partial charge in [-0.05, 0) is 25.8 Å². The van der Waals surface area contributed by atoms with E-state index in [0.29, 0.717) is 25.5 Å². The summed E-state index contributed by atoms with van der Waals surface area (Å²) < 4.78 is 2.04. The maximum atomic E-state index is 9.05. The lowest BCUT2D eigenvalue weighted by Crippen LogP contribution is -2.39. The van der Waals surface area contributed by atoms with Gasteiger partial charge in [0, 0.05) is 19.2 Å². The molecule has 1 aromatic carbocycles. The topological polar surface area (TPSA) is 79.1 Å². The fraction of sp³-hybridized carbons (Fsp3) is 0.389. The standard InChI is InChI=1S/C18H24N6O/c1-14(2)23-13-20-16-11-19-18(22-17(16)23)24(21-9-6-10-25)12-15-7-4-3-5-8-15/h3-5,7-8,11,13-14,21,25H,6,9-10,12H2,1-2H3. The number of aliphatic hydroxyl groups is 1. The summed E-state index contributed by atoms with van der Waals surface area (Å²) in [5.74, 6) is 0.594. The molecule has 7 heteroatoms. The highest BCUT2D eigenvalue weighted by Gasteiger charge is 2.14. The first-order valence-corrected chi connectivity index (χ1v) is 8.54. The van der Waals surface area contributed by atoms with Gasteiger partial charge in [-0.15, -0.1) is 0 Å². The van der Waals surface area contributed by atoms with E-state index in [9.17, 15) is 0 Å². The van der Waals surface area contributed by atoms with Crippen molar-refractivity contribution in [3.63, 3.8) is 0 Å². The van der Waals surface area contributed by atoms with Crippen molar-refractivity contribution in [2.75, 3.05) is 18.2 Å². The molecule has 7 nitrogen and oxygen atoms in total. The van der Waals surface area contributed by atoms with Crippen molar-refractivity contribution >= 4 is 17.1 Å². The molecule has 2 aromatic heterocycles. The van der Waals surface area contributed by atoms with Crippen LogP contribution < -0.4 is 10.4 Å². The van der Waals surface area contributed by atoms with Gasteiger partial charge in [-0.2, -0.15) is 4.98 Å². The Labute approximate surface area is 147 Å². The van der Waals surface area contributed by atoms with Crippen LogP contribution in [-0.2, 0) is 6.54 Å². The molecule has 25 heavy (non-hydrogen) atoms. The molecule has 0 unspecified atom stereocenters. The summed E-state index contributed by atoms with van der Waals surface area (Å²) in [6.07, 6.45) is 4.22. The molecule has 0 amide bonds. The molecule has 2 heterocycles. The number of anilines is 1. The van der Waals surface area contributed by atoms with Crippen molar-refractivity contribution in [3.05, 3.63) is 48.4 Å². The molecule has 0 saturated carbocycles. The van der Waals surface area contributed by atoms with Crippen LogP contribution in [0.25, 0.3) is 11.2 Å². The monoisotopic (exact) mass is 340 g/mol. The van der Waals surface area contributed by atoms with E-state index in [0.717, 1.165) is 16.7 Å². The van der Waals surface area contributed by atoms with Crippen molar-refractivity contribution in [1.82, 2.24) is 24.9 Å². The molecule has 0 radical (unpaired) electrons. The van der Waals surface area contributed by atoms with Crippen LogP contribution in [0.1, 0.15) is 31.9 Å². The molecule has 0 aliphatic carbocycles. The van der Waals surface area contributed by atoms with Crippen LogP contribution in [0.2, 0.25) is 0 Å². The van der Waals surface area contributed by atoms with E-state index < -0.39 is 0 Å². The minimum Gasteiger partial charge on any atom is -0.396 e. The zero-order chi connectivity index (χ0) is 17.6. The van der Waals surface area contributed by atoms with E-state index in [-0.39, 0.29) is 12.6 Å². The maximum absolute atomic E-state index is 9.05. The van der Waals surface area contributed by atoms with Crippen molar-refractivity contribution in [3.8, 4) is 0 Å². The average molecular weight is 340 g/mol. The maximum Gasteiger partial charge on any atom is 0.242 e. The fourth-order valence-corrected chi connectivity index (χ4v) is 2.58. The summed E-state index contributed by atoms with van der Waals surface area (Å²) in [7, 11) is 0. The summed E-state index contributed by atoms with van der Waals surface area (Å²) in [6, 6.07) is 10.4. The third-order valence-electron chi connectivity index (χ3n) is 3.92. The third kappa shape index (κ3) is 4.12. The highest BCUT2D eigenvalue weighted by atomic mass is 16.3. The molecular weight excluding hydrogens is 316 g/mol. The first-order chi connectivity index (χ1) is 12.2. The molecule has 0 atom stereocenters.